The highest BCUT2D eigenvalue weighted by Gasteiger charge is 2.29. The van der Waals surface area contributed by atoms with Gasteiger partial charge in [0.25, 0.3) is 0 Å². The number of aryl methyl sites for hydroxylation is 1. The minimum absolute atomic E-state index is 0.0406. The van der Waals surface area contributed by atoms with Crippen LogP contribution >= 0.6 is 0 Å². The van der Waals surface area contributed by atoms with Crippen molar-refractivity contribution in [2.75, 3.05) is 45.9 Å². The summed E-state index contributed by atoms with van der Waals surface area (Å²) in [7, 11) is 0. The second kappa shape index (κ2) is 11.5. The third-order valence-electron chi connectivity index (χ3n) is 5.91. The molecule has 0 saturated carbocycles. The number of hydrogen-bond donors (Lipinski definition) is 0. The Kier molecular flexibility index (Phi) is 8.70. The van der Waals surface area contributed by atoms with Crippen LogP contribution in [0.3, 0.4) is 0 Å². The van der Waals surface area contributed by atoms with Crippen LogP contribution in [0.4, 0.5) is 0 Å². The molecule has 3 rings (SSSR count). The second-order valence-electron chi connectivity index (χ2n) is 8.92. The molecule has 6 nitrogen and oxygen atoms in total. The van der Waals surface area contributed by atoms with Crippen LogP contribution in [0.2, 0.25) is 0 Å². The molecule has 0 spiro atoms. The van der Waals surface area contributed by atoms with E-state index in [9.17, 15) is 9.59 Å². The molecule has 1 aromatic carbocycles. The Morgan fingerprint density at radius 2 is 1.87 bits per heavy atom. The zero-order valence-electron chi connectivity index (χ0n) is 18.4. The third-order valence-corrected chi connectivity index (χ3v) is 5.91. The monoisotopic (exact) mass is 416 g/mol. The fourth-order valence-electron chi connectivity index (χ4n) is 4.28. The van der Waals surface area contributed by atoms with Crippen molar-refractivity contribution in [3.63, 3.8) is 0 Å². The lowest BCUT2D eigenvalue weighted by atomic mass is 9.96. The van der Waals surface area contributed by atoms with Crippen LogP contribution in [0, 0.1) is 11.8 Å². The molecule has 0 N–H and O–H groups in total. The maximum atomic E-state index is 12.5. The molecular formula is C24H36N2O4. The minimum Gasteiger partial charge on any atom is -0.463 e. The summed E-state index contributed by atoms with van der Waals surface area (Å²) in [5.74, 6) is 0.535. The van der Waals surface area contributed by atoms with Gasteiger partial charge in [-0.3, -0.25) is 14.5 Å². The number of rotatable bonds is 8. The van der Waals surface area contributed by atoms with Gasteiger partial charge in [0, 0.05) is 39.1 Å². The molecule has 166 valence electrons. The number of amides is 1. The standard InChI is InChI=1S/C24H36N2O4/c1-19(2)16-25-14-15-29-22(17-25)18-30-24(28)21-10-12-26(13-11-21)23(27)9-8-20-6-4-3-5-7-20/h3-7,19,21-22H,8-18H2,1-2H3. The molecule has 2 heterocycles. The number of morpholine rings is 1. The first-order valence-corrected chi connectivity index (χ1v) is 11.3. The summed E-state index contributed by atoms with van der Waals surface area (Å²) in [5, 5.41) is 0. The highest BCUT2D eigenvalue weighted by molar-refractivity contribution is 5.77. The fourth-order valence-corrected chi connectivity index (χ4v) is 4.28. The predicted molar refractivity (Wildman–Crippen MR) is 116 cm³/mol. The van der Waals surface area contributed by atoms with E-state index in [0.717, 1.165) is 26.1 Å². The van der Waals surface area contributed by atoms with Crippen LogP contribution in [0.15, 0.2) is 30.3 Å². The van der Waals surface area contributed by atoms with Gasteiger partial charge in [-0.15, -0.1) is 0 Å². The first-order chi connectivity index (χ1) is 14.5. The molecule has 2 fully saturated rings. The summed E-state index contributed by atoms with van der Waals surface area (Å²) in [4.78, 5) is 29.2. The lowest BCUT2D eigenvalue weighted by molar-refractivity contribution is -0.158. The molecule has 6 heteroatoms. The molecule has 0 radical (unpaired) electrons. The van der Waals surface area contributed by atoms with Crippen molar-refractivity contribution in [2.45, 2.75) is 45.6 Å². The van der Waals surface area contributed by atoms with Gasteiger partial charge in [-0.25, -0.2) is 0 Å². The number of carbonyl (C=O) groups is 2. The van der Waals surface area contributed by atoms with E-state index in [-0.39, 0.29) is 23.9 Å². The molecule has 2 aliphatic heterocycles. The molecule has 1 unspecified atom stereocenters. The number of likely N-dealkylation sites (tertiary alicyclic amines) is 1. The Balaban J connectivity index is 1.34. The molecule has 2 saturated heterocycles. The molecular weight excluding hydrogens is 380 g/mol. The van der Waals surface area contributed by atoms with E-state index in [1.807, 2.05) is 35.2 Å². The molecule has 1 atom stereocenters. The molecule has 0 aromatic heterocycles. The zero-order valence-corrected chi connectivity index (χ0v) is 18.4. The average molecular weight is 417 g/mol. The van der Waals surface area contributed by atoms with Gasteiger partial charge < -0.3 is 14.4 Å². The van der Waals surface area contributed by atoms with Gasteiger partial charge in [-0.2, -0.15) is 0 Å². The maximum Gasteiger partial charge on any atom is 0.309 e. The van der Waals surface area contributed by atoms with Crippen molar-refractivity contribution in [1.29, 1.82) is 0 Å². The van der Waals surface area contributed by atoms with Crippen molar-refractivity contribution in [1.82, 2.24) is 9.80 Å². The topological polar surface area (TPSA) is 59.1 Å². The first kappa shape index (κ1) is 22.8. The zero-order chi connectivity index (χ0) is 21.3. The number of carbonyl (C=O) groups excluding carboxylic acids is 2. The van der Waals surface area contributed by atoms with E-state index in [0.29, 0.717) is 51.5 Å². The second-order valence-corrected chi connectivity index (χ2v) is 8.92. The highest BCUT2D eigenvalue weighted by atomic mass is 16.6. The van der Waals surface area contributed by atoms with Crippen LogP contribution in [-0.2, 0) is 25.5 Å². The van der Waals surface area contributed by atoms with E-state index < -0.39 is 0 Å². The lowest BCUT2D eigenvalue weighted by Gasteiger charge is -2.34. The molecule has 0 aliphatic carbocycles. The van der Waals surface area contributed by atoms with E-state index in [1.165, 1.54) is 5.56 Å². The van der Waals surface area contributed by atoms with E-state index in [2.05, 4.69) is 18.7 Å². The van der Waals surface area contributed by atoms with Crippen molar-refractivity contribution < 1.29 is 19.1 Å². The van der Waals surface area contributed by atoms with Crippen molar-refractivity contribution in [3.8, 4) is 0 Å². The summed E-state index contributed by atoms with van der Waals surface area (Å²) in [6.45, 7) is 9.52. The van der Waals surface area contributed by atoms with E-state index >= 15 is 0 Å². The highest BCUT2D eigenvalue weighted by Crippen LogP contribution is 2.20. The lowest BCUT2D eigenvalue weighted by Crippen LogP contribution is -2.46. The van der Waals surface area contributed by atoms with Gasteiger partial charge in [-0.05, 0) is 30.7 Å². The molecule has 2 aliphatic rings. The Labute approximate surface area is 180 Å². The van der Waals surface area contributed by atoms with Gasteiger partial charge in [0.05, 0.1) is 12.5 Å². The number of hydrogen-bond acceptors (Lipinski definition) is 5. The van der Waals surface area contributed by atoms with Crippen molar-refractivity contribution in [2.24, 2.45) is 11.8 Å². The van der Waals surface area contributed by atoms with Crippen molar-refractivity contribution >= 4 is 11.9 Å². The SMILES string of the molecule is CC(C)CN1CCOC(COC(=O)C2CCN(C(=O)CCc3ccccc3)CC2)C1. The van der Waals surface area contributed by atoms with Gasteiger partial charge in [0.2, 0.25) is 5.91 Å². The number of esters is 1. The quantitative estimate of drug-likeness (QED) is 0.610. The number of piperidine rings is 1. The van der Waals surface area contributed by atoms with Crippen LogP contribution in [0.1, 0.15) is 38.7 Å². The third kappa shape index (κ3) is 7.10. The van der Waals surface area contributed by atoms with E-state index in [1.54, 1.807) is 0 Å². The van der Waals surface area contributed by atoms with Gasteiger partial charge >= 0.3 is 5.97 Å². The van der Waals surface area contributed by atoms with Crippen LogP contribution in [0.25, 0.3) is 0 Å². The molecule has 1 aromatic rings. The summed E-state index contributed by atoms with van der Waals surface area (Å²) in [5.41, 5.74) is 1.18. The Hall–Kier alpha value is -1.92. The normalized spacial score (nSPS) is 21.0. The summed E-state index contributed by atoms with van der Waals surface area (Å²) in [6.07, 6.45) is 2.60. The van der Waals surface area contributed by atoms with Crippen LogP contribution in [0.5, 0.6) is 0 Å². The Morgan fingerprint density at radius 3 is 2.57 bits per heavy atom. The smallest absolute Gasteiger partial charge is 0.309 e. The molecule has 0 bridgehead atoms. The van der Waals surface area contributed by atoms with Crippen LogP contribution < -0.4 is 0 Å². The summed E-state index contributed by atoms with van der Waals surface area (Å²) in [6, 6.07) is 10.1. The summed E-state index contributed by atoms with van der Waals surface area (Å²) >= 11 is 0. The fraction of sp³-hybridized carbons (Fsp3) is 0.667. The van der Waals surface area contributed by atoms with E-state index in [4.69, 9.17) is 9.47 Å². The van der Waals surface area contributed by atoms with Crippen LogP contribution in [-0.4, -0.2) is 73.7 Å². The minimum atomic E-state index is -0.143. The number of benzene rings is 1. The predicted octanol–water partition coefficient (Wildman–Crippen LogP) is 2.76. The van der Waals surface area contributed by atoms with Gasteiger partial charge in [-0.1, -0.05) is 44.2 Å². The average Bonchev–Trinajstić information content (AvgIpc) is 2.76. The van der Waals surface area contributed by atoms with Gasteiger partial charge in [0.15, 0.2) is 0 Å². The Morgan fingerprint density at radius 1 is 1.13 bits per heavy atom. The Bertz CT molecular complexity index is 671. The van der Waals surface area contributed by atoms with Gasteiger partial charge in [0.1, 0.15) is 12.7 Å². The molecule has 1 amide bonds. The number of ether oxygens (including phenoxy) is 2. The maximum absolute atomic E-state index is 12.5. The first-order valence-electron chi connectivity index (χ1n) is 11.3. The molecule has 30 heavy (non-hydrogen) atoms. The summed E-state index contributed by atoms with van der Waals surface area (Å²) < 4.78 is 11.3. The largest absolute Gasteiger partial charge is 0.463 e. The number of nitrogens with zero attached hydrogens (tertiary/aromatic N) is 2. The van der Waals surface area contributed by atoms with Crippen molar-refractivity contribution in [3.05, 3.63) is 35.9 Å².